The Kier molecular flexibility index (Phi) is 3.81. The van der Waals surface area contributed by atoms with Crippen LogP contribution >= 0.6 is 0 Å². The van der Waals surface area contributed by atoms with Gasteiger partial charge in [0.25, 0.3) is 0 Å². The van der Waals surface area contributed by atoms with Gasteiger partial charge in [0.2, 0.25) is 0 Å². The molecule has 7 heteroatoms. The summed E-state index contributed by atoms with van der Waals surface area (Å²) in [5, 5.41) is 7.58. The Morgan fingerprint density at radius 3 is 3.05 bits per heavy atom. The molecular weight excluding hydrogens is 271 g/mol. The molecule has 0 radical (unpaired) electrons. The molecule has 0 atom stereocenters. The van der Waals surface area contributed by atoms with E-state index in [1.165, 1.54) is 12.1 Å². The van der Waals surface area contributed by atoms with Crippen molar-refractivity contribution in [3.63, 3.8) is 0 Å². The number of hydrogen-bond donors (Lipinski definition) is 1. The van der Waals surface area contributed by atoms with Crippen molar-refractivity contribution in [1.82, 2.24) is 25.0 Å². The standard InChI is InChI=1S/C14H17FN6/c1-20-6-5-16-14(20)17-8-13-18-10-21(19-13)9-11-3-2-4-12(15)7-11/h2-4,7,10H,5-6,8-9H2,1H3,(H,16,17). The molecule has 0 saturated carbocycles. The van der Waals surface area contributed by atoms with Gasteiger partial charge in [0, 0.05) is 13.6 Å². The van der Waals surface area contributed by atoms with E-state index in [2.05, 4.69) is 25.3 Å². The molecule has 1 N–H and O–H groups in total. The third kappa shape index (κ3) is 3.36. The van der Waals surface area contributed by atoms with Gasteiger partial charge in [-0.2, -0.15) is 5.10 Å². The van der Waals surface area contributed by atoms with Crippen LogP contribution in [0.15, 0.2) is 35.6 Å². The Hall–Kier alpha value is -2.44. The smallest absolute Gasteiger partial charge is 0.194 e. The zero-order chi connectivity index (χ0) is 14.7. The van der Waals surface area contributed by atoms with Crippen LogP contribution in [0.25, 0.3) is 0 Å². The van der Waals surface area contributed by atoms with Gasteiger partial charge in [-0.3, -0.25) is 4.99 Å². The minimum Gasteiger partial charge on any atom is -0.349 e. The van der Waals surface area contributed by atoms with Crippen LogP contribution in [0.1, 0.15) is 11.4 Å². The third-order valence-electron chi connectivity index (χ3n) is 3.28. The molecule has 0 spiro atoms. The molecule has 1 aliphatic rings. The Balaban J connectivity index is 1.58. The van der Waals surface area contributed by atoms with Crippen LogP contribution in [-0.4, -0.2) is 45.8 Å². The molecule has 0 fully saturated rings. The van der Waals surface area contributed by atoms with Crippen molar-refractivity contribution in [3.8, 4) is 0 Å². The normalized spacial score (nSPS) is 14.4. The predicted molar refractivity (Wildman–Crippen MR) is 77.3 cm³/mol. The van der Waals surface area contributed by atoms with Gasteiger partial charge in [0.15, 0.2) is 11.8 Å². The maximum atomic E-state index is 13.1. The molecule has 6 nitrogen and oxygen atoms in total. The van der Waals surface area contributed by atoms with Gasteiger partial charge in [-0.25, -0.2) is 14.1 Å². The molecule has 1 aliphatic heterocycles. The molecule has 110 valence electrons. The van der Waals surface area contributed by atoms with Crippen LogP contribution in [0, 0.1) is 5.82 Å². The number of nitrogens with zero attached hydrogens (tertiary/aromatic N) is 5. The summed E-state index contributed by atoms with van der Waals surface area (Å²) in [6.07, 6.45) is 1.65. The summed E-state index contributed by atoms with van der Waals surface area (Å²) < 4.78 is 14.8. The van der Waals surface area contributed by atoms with Crippen LogP contribution in [0.4, 0.5) is 4.39 Å². The van der Waals surface area contributed by atoms with Crippen molar-refractivity contribution in [1.29, 1.82) is 0 Å². The Morgan fingerprint density at radius 2 is 2.29 bits per heavy atom. The lowest BCUT2D eigenvalue weighted by Gasteiger charge is -2.13. The number of rotatable bonds is 4. The number of nitrogens with one attached hydrogen (secondary N) is 1. The molecule has 0 unspecified atom stereocenters. The van der Waals surface area contributed by atoms with Crippen molar-refractivity contribution in [2.24, 2.45) is 4.99 Å². The van der Waals surface area contributed by atoms with Gasteiger partial charge in [-0.1, -0.05) is 12.1 Å². The van der Waals surface area contributed by atoms with E-state index in [4.69, 9.17) is 0 Å². The summed E-state index contributed by atoms with van der Waals surface area (Å²) in [6.45, 7) is 2.79. The molecule has 2 aromatic rings. The first-order valence-corrected chi connectivity index (χ1v) is 6.83. The molecule has 1 aromatic carbocycles. The molecule has 0 bridgehead atoms. The van der Waals surface area contributed by atoms with E-state index in [1.54, 1.807) is 17.1 Å². The van der Waals surface area contributed by atoms with Gasteiger partial charge >= 0.3 is 0 Å². The van der Waals surface area contributed by atoms with Crippen LogP contribution < -0.4 is 5.32 Å². The third-order valence-corrected chi connectivity index (χ3v) is 3.28. The molecule has 0 aliphatic carbocycles. The first kappa shape index (κ1) is 13.5. The number of hydrogen-bond acceptors (Lipinski definition) is 5. The fourth-order valence-corrected chi connectivity index (χ4v) is 2.19. The van der Waals surface area contributed by atoms with Crippen molar-refractivity contribution >= 4 is 5.96 Å². The summed E-state index contributed by atoms with van der Waals surface area (Å²) in [5.41, 5.74) is 0.860. The highest BCUT2D eigenvalue weighted by atomic mass is 19.1. The Labute approximate surface area is 122 Å². The Bertz CT molecular complexity index is 650. The number of aliphatic imine (C=N–C) groups is 1. The summed E-state index contributed by atoms with van der Waals surface area (Å²) >= 11 is 0. The molecule has 1 aromatic heterocycles. The zero-order valence-corrected chi connectivity index (χ0v) is 11.8. The predicted octanol–water partition coefficient (Wildman–Crippen LogP) is 0.856. The topological polar surface area (TPSA) is 58.3 Å². The second kappa shape index (κ2) is 5.90. The number of benzene rings is 1. The van der Waals surface area contributed by atoms with Crippen molar-refractivity contribution in [2.45, 2.75) is 13.1 Å². The van der Waals surface area contributed by atoms with E-state index in [-0.39, 0.29) is 5.82 Å². The lowest BCUT2D eigenvalue weighted by atomic mass is 10.2. The molecule has 2 heterocycles. The number of aromatic nitrogens is 3. The lowest BCUT2D eigenvalue weighted by Crippen LogP contribution is -2.35. The lowest BCUT2D eigenvalue weighted by molar-refractivity contribution is 0.531. The van der Waals surface area contributed by atoms with E-state index in [9.17, 15) is 4.39 Å². The van der Waals surface area contributed by atoms with Crippen molar-refractivity contribution < 1.29 is 4.39 Å². The van der Waals surface area contributed by atoms with Gasteiger partial charge in [0.1, 0.15) is 12.1 Å². The molecular formula is C14H17FN6. The monoisotopic (exact) mass is 288 g/mol. The van der Waals surface area contributed by atoms with Gasteiger partial charge in [-0.15, -0.1) is 0 Å². The maximum absolute atomic E-state index is 13.1. The average Bonchev–Trinajstić information content (AvgIpc) is 3.06. The first-order chi connectivity index (χ1) is 10.2. The largest absolute Gasteiger partial charge is 0.349 e. The summed E-state index contributed by atoms with van der Waals surface area (Å²) in [6, 6.07) is 6.49. The highest BCUT2D eigenvalue weighted by molar-refractivity contribution is 5.81. The van der Waals surface area contributed by atoms with Crippen molar-refractivity contribution in [2.75, 3.05) is 20.1 Å². The average molecular weight is 288 g/mol. The van der Waals surface area contributed by atoms with E-state index < -0.39 is 0 Å². The second-order valence-electron chi connectivity index (χ2n) is 4.97. The van der Waals surface area contributed by atoms with Crippen LogP contribution in [0.2, 0.25) is 0 Å². The second-order valence-corrected chi connectivity index (χ2v) is 4.97. The number of guanidine groups is 1. The molecule has 0 amide bonds. The quantitative estimate of drug-likeness (QED) is 0.906. The molecule has 21 heavy (non-hydrogen) atoms. The summed E-state index contributed by atoms with van der Waals surface area (Å²) in [7, 11) is 1.99. The van der Waals surface area contributed by atoms with Crippen LogP contribution in [-0.2, 0) is 13.1 Å². The summed E-state index contributed by atoms with van der Waals surface area (Å²) in [4.78, 5) is 10.6. The first-order valence-electron chi connectivity index (χ1n) is 6.83. The van der Waals surface area contributed by atoms with Gasteiger partial charge in [0.05, 0.1) is 19.6 Å². The van der Waals surface area contributed by atoms with Crippen LogP contribution in [0.5, 0.6) is 0 Å². The fraction of sp³-hybridized carbons (Fsp3) is 0.357. The van der Waals surface area contributed by atoms with Crippen LogP contribution in [0.3, 0.4) is 0 Å². The Morgan fingerprint density at radius 1 is 1.38 bits per heavy atom. The van der Waals surface area contributed by atoms with Crippen molar-refractivity contribution in [3.05, 3.63) is 47.8 Å². The highest BCUT2D eigenvalue weighted by Crippen LogP contribution is 2.05. The van der Waals surface area contributed by atoms with E-state index >= 15 is 0 Å². The number of likely N-dealkylation sites (N-methyl/N-ethyl adjacent to an activating group) is 1. The highest BCUT2D eigenvalue weighted by Gasteiger charge is 2.12. The summed E-state index contributed by atoms with van der Waals surface area (Å²) in [5.74, 6) is 1.32. The minimum absolute atomic E-state index is 0.239. The maximum Gasteiger partial charge on any atom is 0.194 e. The fourth-order valence-electron chi connectivity index (χ4n) is 2.19. The van der Waals surface area contributed by atoms with Gasteiger partial charge in [-0.05, 0) is 17.7 Å². The zero-order valence-electron chi connectivity index (χ0n) is 11.8. The number of halogens is 1. The SMILES string of the molecule is CN1CCN=C1NCc1ncn(Cc2cccc(F)c2)n1. The molecule has 0 saturated heterocycles. The minimum atomic E-state index is -0.239. The van der Waals surface area contributed by atoms with E-state index in [0.29, 0.717) is 18.9 Å². The van der Waals surface area contributed by atoms with E-state index in [1.807, 2.05) is 13.1 Å². The van der Waals surface area contributed by atoms with Gasteiger partial charge < -0.3 is 10.2 Å². The molecule has 3 rings (SSSR count). The van der Waals surface area contributed by atoms with E-state index in [0.717, 1.165) is 24.6 Å².